The van der Waals surface area contributed by atoms with Gasteiger partial charge in [-0.3, -0.25) is 14.6 Å². The summed E-state index contributed by atoms with van der Waals surface area (Å²) >= 11 is 0. The lowest BCUT2D eigenvalue weighted by atomic mass is 9.97. The lowest BCUT2D eigenvalue weighted by molar-refractivity contribution is -0.132. The first-order valence-corrected chi connectivity index (χ1v) is 11.1. The van der Waals surface area contributed by atoms with Crippen LogP contribution in [0.5, 0.6) is 0 Å². The molecule has 2 N–H and O–H groups in total. The van der Waals surface area contributed by atoms with Crippen LogP contribution in [0.1, 0.15) is 52.5 Å². The fourth-order valence-electron chi connectivity index (χ4n) is 4.15. The molecule has 7 nitrogen and oxygen atoms in total. The van der Waals surface area contributed by atoms with Crippen molar-refractivity contribution in [3.63, 3.8) is 0 Å². The molecular weight excluding hydrogens is 445 g/mol. The number of halogens is 3. The lowest BCUT2D eigenvalue weighted by Gasteiger charge is -2.09. The predicted molar refractivity (Wildman–Crippen MR) is 120 cm³/mol. The Morgan fingerprint density at radius 3 is 2.65 bits per heavy atom. The second-order valence-corrected chi connectivity index (χ2v) is 8.59. The van der Waals surface area contributed by atoms with E-state index in [9.17, 15) is 18.0 Å². The maximum atomic E-state index is 12.3. The number of nitrogens with zero attached hydrogens (tertiary/aromatic N) is 4. The fourth-order valence-corrected chi connectivity index (χ4v) is 4.15. The summed E-state index contributed by atoms with van der Waals surface area (Å²) in [5, 5.41) is 15.2. The van der Waals surface area contributed by atoms with Crippen molar-refractivity contribution in [1.29, 1.82) is 0 Å². The van der Waals surface area contributed by atoms with E-state index >= 15 is 0 Å². The summed E-state index contributed by atoms with van der Waals surface area (Å²) in [6.45, 7) is -0.456. The molecule has 0 aliphatic heterocycles. The maximum absolute atomic E-state index is 12.3. The summed E-state index contributed by atoms with van der Waals surface area (Å²) in [5.74, 6) is 1.35. The van der Waals surface area contributed by atoms with Gasteiger partial charge in [0, 0.05) is 36.5 Å². The van der Waals surface area contributed by atoms with Gasteiger partial charge in [0.15, 0.2) is 5.82 Å². The lowest BCUT2D eigenvalue weighted by Crippen LogP contribution is -2.27. The molecule has 4 aromatic rings. The van der Waals surface area contributed by atoms with Crippen LogP contribution in [0.2, 0.25) is 0 Å². The van der Waals surface area contributed by atoms with Crippen molar-refractivity contribution >= 4 is 16.8 Å². The Morgan fingerprint density at radius 2 is 1.94 bits per heavy atom. The van der Waals surface area contributed by atoms with E-state index in [1.165, 1.54) is 24.0 Å². The SMILES string of the molecule is Cn1nc(-c2ccc(C(=O)NCCC(F)(F)F)cc2)nc1Cc1ccc2[nH]ncc2c1C1CC1. The van der Waals surface area contributed by atoms with Gasteiger partial charge in [0.25, 0.3) is 5.91 Å². The molecule has 1 fully saturated rings. The Kier molecular flexibility index (Phi) is 5.59. The van der Waals surface area contributed by atoms with Crippen LogP contribution >= 0.6 is 0 Å². The minimum absolute atomic E-state index is 0.282. The zero-order valence-corrected chi connectivity index (χ0v) is 18.5. The zero-order chi connectivity index (χ0) is 23.9. The standard InChI is InChI=1S/C24H23F3N6O/c1-33-20(12-17-8-9-19-18(13-29-31-19)21(17)14-2-3-14)30-22(32-33)15-4-6-16(7-5-15)23(34)28-11-10-24(25,26)27/h4-9,13-14H,2-3,10-12H2,1H3,(H,28,34)(H,29,31). The van der Waals surface area contributed by atoms with Crippen LogP contribution in [-0.2, 0) is 13.5 Å². The number of alkyl halides is 3. The number of rotatable bonds is 7. The molecule has 176 valence electrons. The number of fused-ring (bicyclic) bond motifs is 1. The minimum atomic E-state index is -4.30. The van der Waals surface area contributed by atoms with Crippen LogP contribution in [-0.4, -0.2) is 43.6 Å². The van der Waals surface area contributed by atoms with Crippen LogP contribution in [0, 0.1) is 0 Å². The van der Waals surface area contributed by atoms with E-state index in [0.717, 1.165) is 22.3 Å². The van der Waals surface area contributed by atoms with E-state index in [1.807, 2.05) is 19.3 Å². The van der Waals surface area contributed by atoms with Crippen molar-refractivity contribution in [1.82, 2.24) is 30.3 Å². The van der Waals surface area contributed by atoms with Crippen LogP contribution in [0.4, 0.5) is 13.2 Å². The molecule has 1 aliphatic carbocycles. The summed E-state index contributed by atoms with van der Waals surface area (Å²) < 4.78 is 38.6. The van der Waals surface area contributed by atoms with E-state index in [1.54, 1.807) is 28.9 Å². The van der Waals surface area contributed by atoms with Crippen LogP contribution in [0.15, 0.2) is 42.6 Å². The second-order valence-electron chi connectivity index (χ2n) is 8.59. The van der Waals surface area contributed by atoms with Gasteiger partial charge < -0.3 is 5.32 Å². The molecule has 34 heavy (non-hydrogen) atoms. The number of carbonyl (C=O) groups excluding carboxylic acids is 1. The number of hydrogen-bond donors (Lipinski definition) is 2. The number of aryl methyl sites for hydroxylation is 1. The summed E-state index contributed by atoms with van der Waals surface area (Å²) in [6.07, 6.45) is -0.489. The molecule has 0 unspecified atom stereocenters. The summed E-state index contributed by atoms with van der Waals surface area (Å²) in [4.78, 5) is 16.8. The van der Waals surface area contributed by atoms with Gasteiger partial charge in [0.05, 0.1) is 18.1 Å². The minimum Gasteiger partial charge on any atom is -0.352 e. The van der Waals surface area contributed by atoms with Gasteiger partial charge in [0.1, 0.15) is 5.82 Å². The first-order chi connectivity index (χ1) is 16.3. The Labute approximate surface area is 193 Å². The summed E-state index contributed by atoms with van der Waals surface area (Å²) in [6, 6.07) is 10.7. The number of H-pyrrole nitrogens is 1. The third-order valence-corrected chi connectivity index (χ3v) is 6.04. The Hall–Kier alpha value is -3.69. The van der Waals surface area contributed by atoms with Crippen molar-refractivity contribution in [2.75, 3.05) is 6.54 Å². The van der Waals surface area contributed by atoms with Crippen LogP contribution in [0.25, 0.3) is 22.3 Å². The highest BCUT2D eigenvalue weighted by atomic mass is 19.4. The average molecular weight is 468 g/mol. The Balaban J connectivity index is 1.32. The molecule has 1 amide bonds. The normalized spacial score (nSPS) is 14.0. The molecule has 0 spiro atoms. The quantitative estimate of drug-likeness (QED) is 0.418. The maximum Gasteiger partial charge on any atom is 0.390 e. The van der Waals surface area contributed by atoms with E-state index in [-0.39, 0.29) is 5.56 Å². The summed E-state index contributed by atoms with van der Waals surface area (Å²) in [5.41, 5.74) is 4.58. The highest BCUT2D eigenvalue weighted by Gasteiger charge is 2.29. The largest absolute Gasteiger partial charge is 0.390 e. The molecule has 1 saturated carbocycles. The van der Waals surface area contributed by atoms with Gasteiger partial charge in [-0.2, -0.15) is 23.4 Å². The monoisotopic (exact) mass is 468 g/mol. The molecule has 2 heterocycles. The smallest absolute Gasteiger partial charge is 0.352 e. The highest BCUT2D eigenvalue weighted by Crippen LogP contribution is 2.45. The molecule has 10 heteroatoms. The number of aromatic nitrogens is 5. The van der Waals surface area contributed by atoms with Gasteiger partial charge in [-0.15, -0.1) is 0 Å². The molecule has 5 rings (SSSR count). The molecular formula is C24H23F3N6O. The second kappa shape index (κ2) is 8.58. The van der Waals surface area contributed by atoms with Crippen molar-refractivity contribution in [2.45, 2.75) is 37.8 Å². The van der Waals surface area contributed by atoms with E-state index in [2.05, 4.69) is 26.7 Å². The van der Waals surface area contributed by atoms with Gasteiger partial charge in [-0.25, -0.2) is 4.98 Å². The molecule has 0 atom stereocenters. The third-order valence-electron chi connectivity index (χ3n) is 6.04. The van der Waals surface area contributed by atoms with Crippen LogP contribution < -0.4 is 5.32 Å². The molecule has 2 aromatic carbocycles. The Bertz CT molecular complexity index is 1340. The Morgan fingerprint density at radius 1 is 1.18 bits per heavy atom. The number of amides is 1. The summed E-state index contributed by atoms with van der Waals surface area (Å²) in [7, 11) is 1.85. The van der Waals surface area contributed by atoms with Crippen molar-refractivity contribution < 1.29 is 18.0 Å². The van der Waals surface area contributed by atoms with Gasteiger partial charge in [0.2, 0.25) is 0 Å². The van der Waals surface area contributed by atoms with E-state index < -0.39 is 25.0 Å². The molecule has 0 radical (unpaired) electrons. The van der Waals surface area contributed by atoms with Crippen molar-refractivity contribution in [3.8, 4) is 11.4 Å². The molecule has 0 bridgehead atoms. The highest BCUT2D eigenvalue weighted by molar-refractivity contribution is 5.94. The predicted octanol–water partition coefficient (Wildman–Crippen LogP) is 4.51. The number of aromatic amines is 1. The van der Waals surface area contributed by atoms with Gasteiger partial charge in [-0.05, 0) is 48.1 Å². The number of hydrogen-bond acceptors (Lipinski definition) is 4. The first-order valence-electron chi connectivity index (χ1n) is 11.1. The first kappa shape index (κ1) is 22.1. The zero-order valence-electron chi connectivity index (χ0n) is 18.5. The van der Waals surface area contributed by atoms with Crippen molar-refractivity contribution in [3.05, 3.63) is 65.1 Å². The van der Waals surface area contributed by atoms with E-state index in [4.69, 9.17) is 4.98 Å². The third kappa shape index (κ3) is 4.66. The molecule has 1 aliphatic rings. The molecule has 2 aromatic heterocycles. The van der Waals surface area contributed by atoms with E-state index in [0.29, 0.717) is 18.2 Å². The molecule has 0 saturated heterocycles. The number of carbonyl (C=O) groups is 1. The number of benzene rings is 2. The van der Waals surface area contributed by atoms with Crippen molar-refractivity contribution in [2.24, 2.45) is 7.05 Å². The fraction of sp³-hybridized carbons (Fsp3) is 0.333. The van der Waals surface area contributed by atoms with Crippen LogP contribution in [0.3, 0.4) is 0 Å². The topological polar surface area (TPSA) is 88.5 Å². The van der Waals surface area contributed by atoms with Gasteiger partial charge >= 0.3 is 6.18 Å². The number of nitrogens with one attached hydrogen (secondary N) is 2. The van der Waals surface area contributed by atoms with Gasteiger partial charge in [-0.1, -0.05) is 18.2 Å². The average Bonchev–Trinajstić information content (AvgIpc) is 3.40.